The Bertz CT molecular complexity index is 1330. The fourth-order valence-electron chi connectivity index (χ4n) is 3.83. The number of benzene rings is 3. The Labute approximate surface area is 199 Å². The fraction of sp³-hybridized carbons (Fsp3) is 0.179. The Morgan fingerprint density at radius 3 is 2.21 bits per heavy atom. The van der Waals surface area contributed by atoms with Gasteiger partial charge in [0.15, 0.2) is 0 Å². The lowest BCUT2D eigenvalue weighted by molar-refractivity contribution is -0.120. The summed E-state index contributed by atoms with van der Waals surface area (Å²) in [5.41, 5.74) is 4.78. The van der Waals surface area contributed by atoms with Gasteiger partial charge < -0.3 is 10.1 Å². The monoisotopic (exact) mass is 451 g/mol. The Balaban J connectivity index is 1.80. The van der Waals surface area contributed by atoms with Crippen molar-refractivity contribution in [1.82, 2.24) is 0 Å². The molecule has 2 amide bonds. The van der Waals surface area contributed by atoms with E-state index < -0.39 is 11.8 Å². The number of rotatable bonds is 6. The van der Waals surface area contributed by atoms with E-state index in [9.17, 15) is 9.59 Å². The van der Waals surface area contributed by atoms with Crippen molar-refractivity contribution in [2.75, 3.05) is 10.2 Å². The second-order valence-corrected chi connectivity index (χ2v) is 8.42. The van der Waals surface area contributed by atoms with Crippen molar-refractivity contribution in [3.8, 4) is 11.8 Å². The van der Waals surface area contributed by atoms with E-state index in [2.05, 4.69) is 11.4 Å². The van der Waals surface area contributed by atoms with E-state index >= 15 is 0 Å². The summed E-state index contributed by atoms with van der Waals surface area (Å²) >= 11 is 0. The third kappa shape index (κ3) is 4.28. The number of anilines is 2. The molecule has 3 aromatic carbocycles. The number of nitrogens with zero attached hydrogens (tertiary/aromatic N) is 2. The van der Waals surface area contributed by atoms with Gasteiger partial charge in [-0.3, -0.25) is 9.59 Å². The Morgan fingerprint density at radius 2 is 1.59 bits per heavy atom. The molecule has 0 atom stereocenters. The number of aryl methyl sites for hydroxylation is 1. The summed E-state index contributed by atoms with van der Waals surface area (Å²) in [7, 11) is 0. The fourth-order valence-corrected chi connectivity index (χ4v) is 3.83. The van der Waals surface area contributed by atoms with E-state index in [0.29, 0.717) is 22.6 Å². The molecule has 1 aliphatic rings. The number of imide groups is 1. The molecule has 0 spiro atoms. The van der Waals surface area contributed by atoms with Gasteiger partial charge in [-0.15, -0.1) is 0 Å². The predicted molar refractivity (Wildman–Crippen MR) is 132 cm³/mol. The third-order valence-electron chi connectivity index (χ3n) is 5.72. The van der Waals surface area contributed by atoms with Crippen molar-refractivity contribution >= 4 is 28.8 Å². The first-order valence-electron chi connectivity index (χ1n) is 11.0. The topological polar surface area (TPSA) is 82.4 Å². The molecular weight excluding hydrogens is 426 g/mol. The van der Waals surface area contributed by atoms with Crippen molar-refractivity contribution in [3.05, 3.63) is 94.7 Å². The van der Waals surface area contributed by atoms with Crippen LogP contribution in [0.25, 0.3) is 5.57 Å². The van der Waals surface area contributed by atoms with Gasteiger partial charge in [0.25, 0.3) is 11.8 Å². The number of carbonyl (C=O) groups is 2. The highest BCUT2D eigenvalue weighted by Gasteiger charge is 2.40. The molecule has 0 unspecified atom stereocenters. The second-order valence-electron chi connectivity index (χ2n) is 8.42. The smallest absolute Gasteiger partial charge is 0.282 e. The highest BCUT2D eigenvalue weighted by Crippen LogP contribution is 2.35. The molecule has 0 saturated carbocycles. The molecule has 1 N–H and O–H groups in total. The third-order valence-corrected chi connectivity index (χ3v) is 5.72. The summed E-state index contributed by atoms with van der Waals surface area (Å²) in [5, 5.41) is 12.3. The van der Waals surface area contributed by atoms with Crippen LogP contribution in [0.3, 0.4) is 0 Å². The summed E-state index contributed by atoms with van der Waals surface area (Å²) in [6.07, 6.45) is 0.0214. The van der Waals surface area contributed by atoms with Crippen LogP contribution in [0.1, 0.15) is 36.1 Å². The lowest BCUT2D eigenvalue weighted by Crippen LogP contribution is -2.32. The molecule has 0 bridgehead atoms. The molecule has 3 aromatic rings. The highest BCUT2D eigenvalue weighted by atomic mass is 16.5. The van der Waals surface area contributed by atoms with Gasteiger partial charge in [0, 0.05) is 5.69 Å². The number of amides is 2. The summed E-state index contributed by atoms with van der Waals surface area (Å²) in [6.45, 7) is 7.85. The lowest BCUT2D eigenvalue weighted by atomic mass is 10.0. The van der Waals surface area contributed by atoms with E-state index in [0.717, 1.165) is 21.7 Å². The van der Waals surface area contributed by atoms with Crippen molar-refractivity contribution in [1.29, 1.82) is 5.26 Å². The summed E-state index contributed by atoms with van der Waals surface area (Å²) in [5.74, 6) is -0.197. The van der Waals surface area contributed by atoms with E-state index in [1.54, 1.807) is 48.5 Å². The maximum atomic E-state index is 13.6. The number of nitriles is 1. The number of hydrogen-bond acceptors (Lipinski definition) is 5. The molecule has 0 aliphatic carbocycles. The van der Waals surface area contributed by atoms with Crippen LogP contribution in [-0.4, -0.2) is 17.9 Å². The molecule has 0 aromatic heterocycles. The molecule has 0 saturated heterocycles. The molecule has 6 nitrogen and oxygen atoms in total. The van der Waals surface area contributed by atoms with Crippen LogP contribution in [0.4, 0.5) is 11.4 Å². The standard InChI is InChI=1S/C28H25N3O3/c1-17(2)34-23-14-10-21(11-15-23)25-26(30-24-7-5-6-18(3)19(24)4)28(33)31(27(25)32)22-12-8-20(16-29)9-13-22/h5-15,17,30H,1-4H3. The Hall–Kier alpha value is -4.37. The maximum absolute atomic E-state index is 13.6. The normalized spacial score (nSPS) is 13.5. The predicted octanol–water partition coefficient (Wildman–Crippen LogP) is 5.36. The van der Waals surface area contributed by atoms with Crippen LogP contribution < -0.4 is 15.0 Å². The molecule has 1 aliphatic heterocycles. The quantitative estimate of drug-likeness (QED) is 0.510. The van der Waals surface area contributed by atoms with Gasteiger partial charge in [-0.2, -0.15) is 5.26 Å². The molecule has 1 heterocycles. The molecule has 0 fully saturated rings. The van der Waals surface area contributed by atoms with Gasteiger partial charge in [0.2, 0.25) is 0 Å². The minimum Gasteiger partial charge on any atom is -0.491 e. The van der Waals surface area contributed by atoms with Crippen molar-refractivity contribution in [3.63, 3.8) is 0 Å². The highest BCUT2D eigenvalue weighted by molar-refractivity contribution is 6.46. The van der Waals surface area contributed by atoms with Crippen LogP contribution in [0.15, 0.2) is 72.4 Å². The SMILES string of the molecule is Cc1cccc(NC2=C(c3ccc(OC(C)C)cc3)C(=O)N(c3ccc(C#N)cc3)C2=O)c1C. The summed E-state index contributed by atoms with van der Waals surface area (Å²) < 4.78 is 5.72. The lowest BCUT2D eigenvalue weighted by Gasteiger charge is -2.16. The molecular formula is C28H25N3O3. The Kier molecular flexibility index (Phi) is 6.20. The van der Waals surface area contributed by atoms with E-state index in [-0.39, 0.29) is 17.4 Å². The minimum atomic E-state index is -0.451. The van der Waals surface area contributed by atoms with Gasteiger partial charge in [-0.05, 0) is 86.8 Å². The number of carbonyl (C=O) groups excluding carboxylic acids is 2. The van der Waals surface area contributed by atoms with Crippen molar-refractivity contribution in [2.45, 2.75) is 33.8 Å². The zero-order valence-corrected chi connectivity index (χ0v) is 19.5. The molecule has 0 radical (unpaired) electrons. The average Bonchev–Trinajstić information content (AvgIpc) is 3.06. The van der Waals surface area contributed by atoms with E-state index in [1.807, 2.05) is 45.9 Å². The first-order chi connectivity index (χ1) is 16.3. The second kappa shape index (κ2) is 9.24. The molecule has 170 valence electrons. The zero-order valence-electron chi connectivity index (χ0n) is 19.5. The van der Waals surface area contributed by atoms with Gasteiger partial charge in [0.05, 0.1) is 29.0 Å². The van der Waals surface area contributed by atoms with Crippen LogP contribution in [0.2, 0.25) is 0 Å². The minimum absolute atomic E-state index is 0.0214. The van der Waals surface area contributed by atoms with Crippen LogP contribution in [-0.2, 0) is 9.59 Å². The van der Waals surface area contributed by atoms with Crippen molar-refractivity contribution < 1.29 is 14.3 Å². The first kappa shape index (κ1) is 22.8. The first-order valence-corrected chi connectivity index (χ1v) is 11.0. The molecule has 6 heteroatoms. The number of hydrogen-bond donors (Lipinski definition) is 1. The summed E-state index contributed by atoms with van der Waals surface area (Å²) in [6, 6.07) is 21.4. The largest absolute Gasteiger partial charge is 0.491 e. The van der Waals surface area contributed by atoms with Gasteiger partial charge in [0.1, 0.15) is 11.4 Å². The van der Waals surface area contributed by atoms with E-state index in [1.165, 1.54) is 0 Å². The van der Waals surface area contributed by atoms with E-state index in [4.69, 9.17) is 10.00 Å². The van der Waals surface area contributed by atoms with Crippen molar-refractivity contribution in [2.24, 2.45) is 0 Å². The van der Waals surface area contributed by atoms with Gasteiger partial charge in [-0.25, -0.2) is 4.90 Å². The maximum Gasteiger partial charge on any atom is 0.282 e. The van der Waals surface area contributed by atoms with Crippen LogP contribution in [0, 0.1) is 25.2 Å². The average molecular weight is 452 g/mol. The van der Waals surface area contributed by atoms with Gasteiger partial charge in [-0.1, -0.05) is 24.3 Å². The zero-order chi connectivity index (χ0) is 24.4. The molecule has 4 rings (SSSR count). The van der Waals surface area contributed by atoms with Crippen LogP contribution in [0.5, 0.6) is 5.75 Å². The van der Waals surface area contributed by atoms with Crippen LogP contribution >= 0.6 is 0 Å². The Morgan fingerprint density at radius 1 is 0.912 bits per heavy atom. The molecule has 34 heavy (non-hydrogen) atoms. The van der Waals surface area contributed by atoms with Gasteiger partial charge >= 0.3 is 0 Å². The number of nitrogens with one attached hydrogen (secondary N) is 1. The summed E-state index contributed by atoms with van der Waals surface area (Å²) in [4.78, 5) is 28.3. The number of ether oxygens (including phenoxy) is 1.